The van der Waals surface area contributed by atoms with Gasteiger partial charge in [0.1, 0.15) is 0 Å². The summed E-state index contributed by atoms with van der Waals surface area (Å²) < 4.78 is 0. The summed E-state index contributed by atoms with van der Waals surface area (Å²) in [4.78, 5) is 4.49. The predicted molar refractivity (Wildman–Crippen MR) is 77.3 cm³/mol. The molecule has 0 amide bonds. The first-order valence-corrected chi connectivity index (χ1v) is 5.99. The largest absolute Gasteiger partial charge is 0.266 e. The highest BCUT2D eigenvalue weighted by molar-refractivity contribution is 5.83. The maximum Gasteiger partial charge on any atom is 0.0302 e. The summed E-state index contributed by atoms with van der Waals surface area (Å²) in [6.45, 7) is 10.1. The lowest BCUT2D eigenvalue weighted by atomic mass is 10.1. The van der Waals surface area contributed by atoms with E-state index < -0.39 is 0 Å². The molecule has 0 N–H and O–H groups in total. The van der Waals surface area contributed by atoms with E-state index in [0.29, 0.717) is 0 Å². The molecule has 0 fully saturated rings. The van der Waals surface area contributed by atoms with Crippen LogP contribution in [0.25, 0.3) is 5.57 Å². The zero-order chi connectivity index (χ0) is 12.7. The van der Waals surface area contributed by atoms with Crippen LogP contribution in [0.15, 0.2) is 53.7 Å². The van der Waals surface area contributed by atoms with E-state index in [1.165, 1.54) is 16.7 Å². The lowest BCUT2D eigenvalue weighted by Gasteiger charge is -2.01. The fraction of sp³-hybridized carbons (Fsp3) is 0.312. The number of hydrogen-bond donors (Lipinski definition) is 0. The van der Waals surface area contributed by atoms with Crippen LogP contribution in [-0.4, -0.2) is 5.71 Å². The number of rotatable bonds is 5. The highest BCUT2D eigenvalue weighted by atomic mass is 14.7. The zero-order valence-electron chi connectivity index (χ0n) is 11.0. The molecular weight excluding hydrogens is 206 g/mol. The van der Waals surface area contributed by atoms with Crippen LogP contribution in [0.5, 0.6) is 0 Å². The van der Waals surface area contributed by atoms with E-state index >= 15 is 0 Å². The van der Waals surface area contributed by atoms with Gasteiger partial charge < -0.3 is 0 Å². The van der Waals surface area contributed by atoms with Gasteiger partial charge in [0.25, 0.3) is 0 Å². The summed E-state index contributed by atoms with van der Waals surface area (Å²) in [5, 5.41) is 0. The molecule has 1 rings (SSSR count). The minimum Gasteiger partial charge on any atom is -0.266 e. The molecule has 0 atom stereocenters. The SMILES string of the molecule is C=C(C)CCC(C)=N/C=C(\C)c1ccccc1. The lowest BCUT2D eigenvalue weighted by Crippen LogP contribution is -1.90. The summed E-state index contributed by atoms with van der Waals surface area (Å²) in [6, 6.07) is 10.3. The van der Waals surface area contributed by atoms with Gasteiger partial charge in [-0.15, -0.1) is 6.58 Å². The second-order valence-corrected chi connectivity index (χ2v) is 4.50. The molecule has 0 unspecified atom stereocenters. The van der Waals surface area contributed by atoms with Gasteiger partial charge in [-0.05, 0) is 44.7 Å². The average molecular weight is 227 g/mol. The van der Waals surface area contributed by atoms with Crippen molar-refractivity contribution in [2.24, 2.45) is 4.99 Å². The van der Waals surface area contributed by atoms with Crippen molar-refractivity contribution in [3.8, 4) is 0 Å². The number of benzene rings is 1. The molecule has 1 aromatic rings. The van der Waals surface area contributed by atoms with Crippen LogP contribution in [0, 0.1) is 0 Å². The van der Waals surface area contributed by atoms with Crippen molar-refractivity contribution >= 4 is 11.3 Å². The fourth-order valence-electron chi connectivity index (χ4n) is 1.44. The molecule has 17 heavy (non-hydrogen) atoms. The van der Waals surface area contributed by atoms with Gasteiger partial charge in [-0.3, -0.25) is 4.99 Å². The van der Waals surface area contributed by atoms with Crippen molar-refractivity contribution in [2.45, 2.75) is 33.6 Å². The van der Waals surface area contributed by atoms with E-state index in [-0.39, 0.29) is 0 Å². The fourth-order valence-corrected chi connectivity index (χ4v) is 1.44. The minimum atomic E-state index is 0.994. The Morgan fingerprint density at radius 1 is 1.12 bits per heavy atom. The van der Waals surface area contributed by atoms with Gasteiger partial charge >= 0.3 is 0 Å². The molecule has 1 aromatic carbocycles. The Hall–Kier alpha value is -1.63. The van der Waals surface area contributed by atoms with Crippen LogP contribution >= 0.6 is 0 Å². The molecule has 0 aliphatic carbocycles. The van der Waals surface area contributed by atoms with E-state index in [2.05, 4.69) is 44.5 Å². The number of allylic oxidation sites excluding steroid dienone is 2. The standard InChI is InChI=1S/C16H21N/c1-13(2)10-11-15(4)17-12-14(3)16-8-6-5-7-9-16/h5-9,12H,1,10-11H2,2-4H3/b14-12+,17-15?. The van der Waals surface area contributed by atoms with Gasteiger partial charge in [0, 0.05) is 11.9 Å². The third kappa shape index (κ3) is 5.30. The quantitative estimate of drug-likeness (QED) is 0.503. The molecule has 0 aliphatic rings. The van der Waals surface area contributed by atoms with Crippen molar-refractivity contribution in [3.05, 3.63) is 54.2 Å². The van der Waals surface area contributed by atoms with Crippen molar-refractivity contribution in [1.29, 1.82) is 0 Å². The molecule has 0 saturated carbocycles. The van der Waals surface area contributed by atoms with Crippen LogP contribution in [0.4, 0.5) is 0 Å². The second kappa shape index (κ2) is 6.85. The molecule has 0 heterocycles. The molecule has 0 saturated heterocycles. The summed E-state index contributed by atoms with van der Waals surface area (Å²) in [5.74, 6) is 0. The topological polar surface area (TPSA) is 12.4 Å². The summed E-state index contributed by atoms with van der Waals surface area (Å²) in [5.41, 5.74) is 4.79. The third-order valence-electron chi connectivity index (χ3n) is 2.62. The highest BCUT2D eigenvalue weighted by Crippen LogP contribution is 2.13. The maximum atomic E-state index is 4.49. The molecule has 1 nitrogen and oxygen atoms in total. The predicted octanol–water partition coefficient (Wildman–Crippen LogP) is 4.86. The smallest absolute Gasteiger partial charge is 0.0302 e. The van der Waals surface area contributed by atoms with Crippen LogP contribution in [0.3, 0.4) is 0 Å². The Labute approximate surface area is 105 Å². The zero-order valence-corrected chi connectivity index (χ0v) is 11.0. The van der Waals surface area contributed by atoms with Crippen LogP contribution < -0.4 is 0 Å². The molecule has 0 aliphatic heterocycles. The molecule has 0 aromatic heterocycles. The molecule has 90 valence electrons. The van der Waals surface area contributed by atoms with Gasteiger partial charge in [-0.2, -0.15) is 0 Å². The Balaban J connectivity index is 2.63. The number of aliphatic imine (C=N–C) groups is 1. The minimum absolute atomic E-state index is 0.994. The monoisotopic (exact) mass is 227 g/mol. The van der Waals surface area contributed by atoms with E-state index in [0.717, 1.165) is 18.6 Å². The molecule has 0 spiro atoms. The number of hydrogen-bond acceptors (Lipinski definition) is 1. The van der Waals surface area contributed by atoms with Crippen LogP contribution in [0.2, 0.25) is 0 Å². The molecule has 0 bridgehead atoms. The first kappa shape index (κ1) is 13.4. The van der Waals surface area contributed by atoms with E-state index in [1.54, 1.807) is 0 Å². The van der Waals surface area contributed by atoms with E-state index in [1.807, 2.05) is 24.4 Å². The van der Waals surface area contributed by atoms with Gasteiger partial charge in [-0.1, -0.05) is 35.9 Å². The lowest BCUT2D eigenvalue weighted by molar-refractivity contribution is 1.01. The Morgan fingerprint density at radius 2 is 1.76 bits per heavy atom. The second-order valence-electron chi connectivity index (χ2n) is 4.50. The van der Waals surface area contributed by atoms with Crippen molar-refractivity contribution in [3.63, 3.8) is 0 Å². The Morgan fingerprint density at radius 3 is 2.35 bits per heavy atom. The molecule has 0 radical (unpaired) electrons. The van der Waals surface area contributed by atoms with Gasteiger partial charge in [0.15, 0.2) is 0 Å². The van der Waals surface area contributed by atoms with Crippen molar-refractivity contribution < 1.29 is 0 Å². The van der Waals surface area contributed by atoms with Crippen LogP contribution in [0.1, 0.15) is 39.2 Å². The van der Waals surface area contributed by atoms with Crippen molar-refractivity contribution in [1.82, 2.24) is 0 Å². The average Bonchev–Trinajstić information content (AvgIpc) is 2.34. The Kier molecular flexibility index (Phi) is 5.41. The van der Waals surface area contributed by atoms with Gasteiger partial charge in [0.05, 0.1) is 0 Å². The third-order valence-corrected chi connectivity index (χ3v) is 2.62. The van der Waals surface area contributed by atoms with Gasteiger partial charge in [0.2, 0.25) is 0 Å². The van der Waals surface area contributed by atoms with E-state index in [9.17, 15) is 0 Å². The normalized spacial score (nSPS) is 12.6. The van der Waals surface area contributed by atoms with Crippen LogP contribution in [-0.2, 0) is 0 Å². The maximum absolute atomic E-state index is 4.49. The van der Waals surface area contributed by atoms with Crippen molar-refractivity contribution in [2.75, 3.05) is 0 Å². The number of nitrogens with zero attached hydrogens (tertiary/aromatic N) is 1. The Bertz CT molecular complexity index is 424. The molecular formula is C16H21N. The summed E-state index contributed by atoms with van der Waals surface area (Å²) >= 11 is 0. The highest BCUT2D eigenvalue weighted by Gasteiger charge is 1.94. The first-order valence-electron chi connectivity index (χ1n) is 5.99. The summed E-state index contributed by atoms with van der Waals surface area (Å²) in [7, 11) is 0. The summed E-state index contributed by atoms with van der Waals surface area (Å²) in [6.07, 6.45) is 3.96. The molecule has 1 heteroatoms. The van der Waals surface area contributed by atoms with Gasteiger partial charge in [-0.25, -0.2) is 0 Å². The first-order chi connectivity index (χ1) is 8.09. The van der Waals surface area contributed by atoms with E-state index in [4.69, 9.17) is 0 Å².